The van der Waals surface area contributed by atoms with Crippen molar-refractivity contribution in [2.24, 2.45) is 0 Å². The average Bonchev–Trinajstić information content (AvgIpc) is 2.50. The van der Waals surface area contributed by atoms with Crippen molar-refractivity contribution in [1.82, 2.24) is 0 Å². The molecule has 2 aromatic carbocycles. The first kappa shape index (κ1) is 14.7. The van der Waals surface area contributed by atoms with Gasteiger partial charge in [0.1, 0.15) is 12.4 Å². The van der Waals surface area contributed by atoms with E-state index in [1.807, 2.05) is 37.4 Å². The number of benzene rings is 2. The van der Waals surface area contributed by atoms with Crippen LogP contribution in [0.1, 0.15) is 5.56 Å². The predicted molar refractivity (Wildman–Crippen MR) is 89.0 cm³/mol. The predicted octanol–water partition coefficient (Wildman–Crippen LogP) is 3.35. The molecule has 0 atom stereocenters. The Balaban J connectivity index is 1.69. The van der Waals surface area contributed by atoms with Crippen molar-refractivity contribution in [3.05, 3.63) is 53.1 Å². The number of hydrogen-bond donors (Lipinski definition) is 1. The van der Waals surface area contributed by atoms with Gasteiger partial charge in [-0.15, -0.1) is 0 Å². The summed E-state index contributed by atoms with van der Waals surface area (Å²) in [6.45, 7) is 1.53. The fourth-order valence-corrected chi connectivity index (χ4v) is 2.55. The summed E-state index contributed by atoms with van der Waals surface area (Å²) in [5, 5.41) is 3.59. The van der Waals surface area contributed by atoms with Gasteiger partial charge in [0.2, 0.25) is 5.91 Å². The number of rotatable bonds is 3. The number of halogens is 1. The standard InChI is InChI=1S/C17H17ClN2O2/c1-20-8-9-22-16-7-6-14(11-15(16)20)19-17(21)10-12-2-4-13(18)5-3-12/h2-7,11H,8-10H2,1H3,(H,19,21). The fraction of sp³-hybridized carbons (Fsp3) is 0.235. The van der Waals surface area contributed by atoms with Crippen LogP contribution in [0.3, 0.4) is 0 Å². The van der Waals surface area contributed by atoms with Gasteiger partial charge in [-0.05, 0) is 35.9 Å². The van der Waals surface area contributed by atoms with Gasteiger partial charge in [0, 0.05) is 17.8 Å². The molecule has 0 spiro atoms. The minimum atomic E-state index is -0.0540. The minimum absolute atomic E-state index is 0.0540. The van der Waals surface area contributed by atoms with Crippen LogP contribution < -0.4 is 15.0 Å². The number of carbonyl (C=O) groups is 1. The Bertz CT molecular complexity index is 686. The van der Waals surface area contributed by atoms with E-state index in [1.54, 1.807) is 12.1 Å². The first-order chi connectivity index (χ1) is 10.6. The Morgan fingerprint density at radius 2 is 2.05 bits per heavy atom. The zero-order valence-electron chi connectivity index (χ0n) is 12.3. The average molecular weight is 317 g/mol. The summed E-state index contributed by atoms with van der Waals surface area (Å²) in [5.41, 5.74) is 2.70. The van der Waals surface area contributed by atoms with Crippen LogP contribution in [0.4, 0.5) is 11.4 Å². The first-order valence-electron chi connectivity index (χ1n) is 7.14. The molecule has 1 amide bonds. The Labute approximate surface area is 134 Å². The molecule has 0 radical (unpaired) electrons. The Morgan fingerprint density at radius 3 is 2.82 bits per heavy atom. The molecule has 0 aliphatic carbocycles. The molecular formula is C17H17ClN2O2. The topological polar surface area (TPSA) is 41.6 Å². The Hall–Kier alpha value is -2.20. The molecule has 0 unspecified atom stereocenters. The lowest BCUT2D eigenvalue weighted by Crippen LogP contribution is -2.28. The van der Waals surface area contributed by atoms with Crippen molar-refractivity contribution < 1.29 is 9.53 Å². The molecule has 5 heteroatoms. The van der Waals surface area contributed by atoms with Crippen molar-refractivity contribution in [3.63, 3.8) is 0 Å². The third kappa shape index (κ3) is 3.34. The molecule has 4 nitrogen and oxygen atoms in total. The van der Waals surface area contributed by atoms with E-state index < -0.39 is 0 Å². The number of nitrogens with zero attached hydrogens (tertiary/aromatic N) is 1. The van der Waals surface area contributed by atoms with Crippen LogP contribution >= 0.6 is 11.6 Å². The molecule has 0 saturated carbocycles. The second kappa shape index (κ2) is 6.28. The fourth-order valence-electron chi connectivity index (χ4n) is 2.42. The summed E-state index contributed by atoms with van der Waals surface area (Å²) in [4.78, 5) is 14.2. The van der Waals surface area contributed by atoms with Crippen LogP contribution in [0.5, 0.6) is 5.75 Å². The summed E-state index contributed by atoms with van der Waals surface area (Å²) in [7, 11) is 2.01. The summed E-state index contributed by atoms with van der Waals surface area (Å²) in [6.07, 6.45) is 0.320. The van der Waals surface area contributed by atoms with Crippen LogP contribution in [-0.2, 0) is 11.2 Å². The highest BCUT2D eigenvalue weighted by Gasteiger charge is 2.15. The zero-order valence-corrected chi connectivity index (χ0v) is 13.1. The molecule has 1 N–H and O–H groups in total. The molecule has 0 bridgehead atoms. The molecule has 114 valence electrons. The lowest BCUT2D eigenvalue weighted by molar-refractivity contribution is -0.115. The maximum atomic E-state index is 12.1. The second-order valence-electron chi connectivity index (χ2n) is 5.30. The summed E-state index contributed by atoms with van der Waals surface area (Å²) >= 11 is 5.84. The maximum absolute atomic E-state index is 12.1. The van der Waals surface area contributed by atoms with Gasteiger partial charge in [-0.2, -0.15) is 0 Å². The van der Waals surface area contributed by atoms with E-state index in [4.69, 9.17) is 16.3 Å². The number of ether oxygens (including phenoxy) is 1. The van der Waals surface area contributed by atoms with Crippen LogP contribution in [0.2, 0.25) is 5.02 Å². The van der Waals surface area contributed by atoms with Crippen molar-refractivity contribution in [2.45, 2.75) is 6.42 Å². The molecule has 1 aliphatic rings. The quantitative estimate of drug-likeness (QED) is 0.944. The van der Waals surface area contributed by atoms with Gasteiger partial charge in [0.05, 0.1) is 18.7 Å². The van der Waals surface area contributed by atoms with E-state index in [2.05, 4.69) is 10.2 Å². The molecule has 22 heavy (non-hydrogen) atoms. The lowest BCUT2D eigenvalue weighted by atomic mass is 10.1. The largest absolute Gasteiger partial charge is 0.490 e. The normalized spacial score (nSPS) is 13.3. The van der Waals surface area contributed by atoms with Gasteiger partial charge < -0.3 is 15.0 Å². The molecule has 1 aliphatic heterocycles. The minimum Gasteiger partial charge on any atom is -0.490 e. The van der Waals surface area contributed by atoms with Crippen molar-refractivity contribution >= 4 is 28.9 Å². The van der Waals surface area contributed by atoms with E-state index in [-0.39, 0.29) is 5.91 Å². The van der Waals surface area contributed by atoms with E-state index in [1.165, 1.54) is 0 Å². The highest BCUT2D eigenvalue weighted by Crippen LogP contribution is 2.33. The van der Waals surface area contributed by atoms with Gasteiger partial charge >= 0.3 is 0 Å². The highest BCUT2D eigenvalue weighted by atomic mass is 35.5. The van der Waals surface area contributed by atoms with Crippen molar-refractivity contribution in [3.8, 4) is 5.75 Å². The van der Waals surface area contributed by atoms with Crippen LogP contribution in [0.25, 0.3) is 0 Å². The number of likely N-dealkylation sites (N-methyl/N-ethyl adjacent to an activating group) is 1. The number of amides is 1. The van der Waals surface area contributed by atoms with Crippen LogP contribution in [0.15, 0.2) is 42.5 Å². The Kier molecular flexibility index (Phi) is 4.20. The molecule has 2 aromatic rings. The van der Waals surface area contributed by atoms with E-state index in [0.717, 1.165) is 29.2 Å². The number of fused-ring (bicyclic) bond motifs is 1. The van der Waals surface area contributed by atoms with E-state index >= 15 is 0 Å². The number of carbonyl (C=O) groups excluding carboxylic acids is 1. The molecular weight excluding hydrogens is 300 g/mol. The first-order valence-corrected chi connectivity index (χ1v) is 7.52. The van der Waals surface area contributed by atoms with Crippen molar-refractivity contribution in [1.29, 1.82) is 0 Å². The van der Waals surface area contributed by atoms with E-state index in [0.29, 0.717) is 18.1 Å². The molecule has 0 aromatic heterocycles. The van der Waals surface area contributed by atoms with Gasteiger partial charge in [0.15, 0.2) is 0 Å². The number of nitrogens with one attached hydrogen (secondary N) is 1. The summed E-state index contributed by atoms with van der Waals surface area (Å²) in [6, 6.07) is 13.0. The summed E-state index contributed by atoms with van der Waals surface area (Å²) in [5.74, 6) is 0.797. The van der Waals surface area contributed by atoms with E-state index in [9.17, 15) is 4.79 Å². The molecule has 1 heterocycles. The number of anilines is 2. The zero-order chi connectivity index (χ0) is 15.5. The third-order valence-electron chi connectivity index (χ3n) is 3.62. The Morgan fingerprint density at radius 1 is 1.27 bits per heavy atom. The molecule has 0 fully saturated rings. The smallest absolute Gasteiger partial charge is 0.228 e. The van der Waals surface area contributed by atoms with Gasteiger partial charge in [-0.1, -0.05) is 23.7 Å². The van der Waals surface area contributed by atoms with Crippen LogP contribution in [-0.4, -0.2) is 26.1 Å². The molecule has 3 rings (SSSR count). The monoisotopic (exact) mass is 316 g/mol. The van der Waals surface area contributed by atoms with Gasteiger partial charge in [-0.25, -0.2) is 0 Å². The van der Waals surface area contributed by atoms with Crippen molar-refractivity contribution in [2.75, 3.05) is 30.4 Å². The summed E-state index contributed by atoms with van der Waals surface area (Å²) < 4.78 is 5.59. The highest BCUT2D eigenvalue weighted by molar-refractivity contribution is 6.30. The maximum Gasteiger partial charge on any atom is 0.228 e. The third-order valence-corrected chi connectivity index (χ3v) is 3.87. The second-order valence-corrected chi connectivity index (χ2v) is 5.74. The van der Waals surface area contributed by atoms with Gasteiger partial charge in [0.25, 0.3) is 0 Å². The molecule has 0 saturated heterocycles. The lowest BCUT2D eigenvalue weighted by Gasteiger charge is -2.28. The van der Waals surface area contributed by atoms with Crippen LogP contribution in [0, 0.1) is 0 Å². The van der Waals surface area contributed by atoms with Gasteiger partial charge in [-0.3, -0.25) is 4.79 Å². The SMILES string of the molecule is CN1CCOc2ccc(NC(=O)Cc3ccc(Cl)cc3)cc21. The number of hydrogen-bond acceptors (Lipinski definition) is 3.